The van der Waals surface area contributed by atoms with Crippen molar-refractivity contribution >= 4 is 19.9 Å². The van der Waals surface area contributed by atoms with Crippen molar-refractivity contribution in [3.05, 3.63) is 144 Å². The molecule has 0 aromatic heterocycles. The lowest BCUT2D eigenvalue weighted by Crippen LogP contribution is -2.49. The average molecular weight is 678 g/mol. The normalized spacial score (nSPS) is 14.2. The maximum atomic E-state index is 14.1. The number of aliphatic hydroxyl groups excluding tert-OH is 1. The number of phosphoric acid groups is 1. The van der Waals surface area contributed by atoms with E-state index in [2.05, 4.69) is 5.32 Å². The molecule has 0 aliphatic rings. The van der Waals surface area contributed by atoms with Crippen molar-refractivity contribution < 1.29 is 47.0 Å². The zero-order chi connectivity index (χ0) is 34.0. The van der Waals surface area contributed by atoms with E-state index >= 15 is 0 Å². The van der Waals surface area contributed by atoms with Gasteiger partial charge < -0.3 is 24.6 Å². The van der Waals surface area contributed by atoms with Gasteiger partial charge in [-0.2, -0.15) is 0 Å². The molecule has 0 heterocycles. The van der Waals surface area contributed by atoms with E-state index in [-0.39, 0.29) is 33.0 Å². The minimum atomic E-state index is -4.47. The van der Waals surface area contributed by atoms with E-state index in [9.17, 15) is 19.3 Å². The van der Waals surface area contributed by atoms with Crippen LogP contribution in [0.25, 0.3) is 0 Å². The first-order valence-electron chi connectivity index (χ1n) is 15.4. The van der Waals surface area contributed by atoms with E-state index in [1.165, 1.54) is 6.92 Å². The predicted octanol–water partition coefficient (Wildman–Crippen LogP) is 6.35. The molecule has 0 saturated carbocycles. The van der Waals surface area contributed by atoms with Gasteiger partial charge in [0.15, 0.2) is 6.04 Å². The van der Waals surface area contributed by atoms with Crippen molar-refractivity contribution in [3.63, 3.8) is 0 Å². The molecule has 0 fully saturated rings. The highest BCUT2D eigenvalue weighted by molar-refractivity contribution is 7.48. The molecule has 2 N–H and O–H groups in total. The van der Waals surface area contributed by atoms with Gasteiger partial charge in [0.05, 0.1) is 32.5 Å². The number of esters is 1. The summed E-state index contributed by atoms with van der Waals surface area (Å²) in [6.07, 6.45) is -3.10. The first-order valence-corrected chi connectivity index (χ1v) is 16.8. The van der Waals surface area contributed by atoms with Gasteiger partial charge in [-0.15, -0.1) is 0 Å². The molecule has 0 radical (unpaired) electrons. The summed E-state index contributed by atoms with van der Waals surface area (Å²) in [4.78, 5) is 26.2. The van der Waals surface area contributed by atoms with Crippen molar-refractivity contribution in [3.8, 4) is 0 Å². The largest absolute Gasteiger partial charge is 0.475 e. The summed E-state index contributed by atoms with van der Waals surface area (Å²) in [6.45, 7) is 0.493. The Hall–Kier alpha value is -4.35. The number of amides is 1. The minimum absolute atomic E-state index is 0.0545. The summed E-state index contributed by atoms with van der Waals surface area (Å²) in [5.41, 5.74) is 3.00. The van der Waals surface area contributed by atoms with Crippen LogP contribution in [0.4, 0.5) is 4.79 Å². The number of alkyl carbamates (subject to hydrolysis) is 1. The number of carbonyl (C=O) groups is 2. The number of rotatable bonds is 19. The van der Waals surface area contributed by atoms with Gasteiger partial charge in [0.2, 0.25) is 0 Å². The fourth-order valence-electron chi connectivity index (χ4n) is 4.28. The number of phosphoric ester groups is 1. The molecular formula is C36H40NO10P. The van der Waals surface area contributed by atoms with Gasteiger partial charge in [-0.05, 0) is 29.2 Å². The topological polar surface area (TPSA) is 139 Å². The Bertz CT molecular complexity index is 1560. The Morgan fingerprint density at radius 1 is 0.667 bits per heavy atom. The van der Waals surface area contributed by atoms with Gasteiger partial charge in [-0.3, -0.25) is 13.6 Å². The average Bonchev–Trinajstić information content (AvgIpc) is 3.13. The van der Waals surface area contributed by atoms with Crippen molar-refractivity contribution in [2.24, 2.45) is 0 Å². The first kappa shape index (κ1) is 36.5. The molecule has 0 aliphatic heterocycles. The second-order valence-electron chi connectivity index (χ2n) is 10.7. The summed E-state index contributed by atoms with van der Waals surface area (Å²) >= 11 is 0. The SMILES string of the molecule is C[C@H](OP(=O)(OCc1ccccc1)OC[C@@H](CO)OCc1ccccc1)[C@H](NC(=O)OCc1ccccc1)C(=O)OCc1ccccc1. The van der Waals surface area contributed by atoms with Crippen LogP contribution < -0.4 is 5.32 Å². The fraction of sp³-hybridized carbons (Fsp3) is 0.278. The number of nitrogens with one attached hydrogen (secondary N) is 1. The van der Waals surface area contributed by atoms with E-state index in [1.54, 1.807) is 72.8 Å². The van der Waals surface area contributed by atoms with Gasteiger partial charge in [-0.25, -0.2) is 14.2 Å². The summed E-state index contributed by atoms with van der Waals surface area (Å²) < 4.78 is 47.8. The molecule has 4 aromatic rings. The van der Waals surface area contributed by atoms with Crippen LogP contribution in [0.1, 0.15) is 29.2 Å². The van der Waals surface area contributed by atoms with E-state index in [1.807, 2.05) is 48.5 Å². The number of benzene rings is 4. The molecule has 0 bridgehead atoms. The lowest BCUT2D eigenvalue weighted by molar-refractivity contribution is -0.150. The molecule has 4 atom stereocenters. The lowest BCUT2D eigenvalue weighted by Gasteiger charge is -2.28. The molecule has 1 unspecified atom stereocenters. The minimum Gasteiger partial charge on any atom is -0.459 e. The highest BCUT2D eigenvalue weighted by Gasteiger charge is 2.38. The number of ether oxygens (including phenoxy) is 3. The van der Waals surface area contributed by atoms with Crippen LogP contribution in [0, 0.1) is 0 Å². The van der Waals surface area contributed by atoms with Gasteiger partial charge in [-0.1, -0.05) is 121 Å². The molecular weight excluding hydrogens is 637 g/mol. The Kier molecular flexibility index (Phi) is 14.8. The van der Waals surface area contributed by atoms with Crippen molar-refractivity contribution in [2.75, 3.05) is 13.2 Å². The van der Waals surface area contributed by atoms with Crippen LogP contribution in [0.3, 0.4) is 0 Å². The van der Waals surface area contributed by atoms with Gasteiger partial charge >= 0.3 is 19.9 Å². The quantitative estimate of drug-likeness (QED) is 0.0853. The van der Waals surface area contributed by atoms with E-state index in [4.69, 9.17) is 27.8 Å². The highest BCUT2D eigenvalue weighted by Crippen LogP contribution is 2.52. The molecule has 4 aromatic carbocycles. The summed E-state index contributed by atoms with van der Waals surface area (Å²) in [5, 5.41) is 12.4. The number of aliphatic hydroxyl groups is 1. The van der Waals surface area contributed by atoms with Crippen LogP contribution in [0.2, 0.25) is 0 Å². The maximum absolute atomic E-state index is 14.1. The van der Waals surface area contributed by atoms with Crippen LogP contribution in [0.5, 0.6) is 0 Å². The molecule has 254 valence electrons. The molecule has 0 saturated heterocycles. The smallest absolute Gasteiger partial charge is 0.459 e. The second kappa shape index (κ2) is 19.5. The summed E-state index contributed by atoms with van der Waals surface area (Å²) in [5.74, 6) is -0.864. The molecule has 12 heteroatoms. The number of carbonyl (C=O) groups excluding carboxylic acids is 2. The third-order valence-corrected chi connectivity index (χ3v) is 8.41. The van der Waals surface area contributed by atoms with Crippen LogP contribution in [0.15, 0.2) is 121 Å². The first-order chi connectivity index (χ1) is 23.3. The monoisotopic (exact) mass is 677 g/mol. The highest BCUT2D eigenvalue weighted by atomic mass is 31.2. The van der Waals surface area contributed by atoms with Crippen LogP contribution in [-0.4, -0.2) is 48.6 Å². The van der Waals surface area contributed by atoms with E-state index in [0.29, 0.717) is 5.56 Å². The molecule has 1 amide bonds. The maximum Gasteiger partial charge on any atom is 0.475 e. The third kappa shape index (κ3) is 12.7. The van der Waals surface area contributed by atoms with Crippen LogP contribution >= 0.6 is 7.82 Å². The van der Waals surface area contributed by atoms with Crippen molar-refractivity contribution in [2.45, 2.75) is 51.6 Å². The van der Waals surface area contributed by atoms with Gasteiger partial charge in [0.25, 0.3) is 0 Å². The summed E-state index contributed by atoms with van der Waals surface area (Å²) in [7, 11) is -4.47. The lowest BCUT2D eigenvalue weighted by atomic mass is 10.2. The Labute approximate surface area is 280 Å². The number of hydrogen-bond donors (Lipinski definition) is 2. The Morgan fingerprint density at radius 2 is 1.12 bits per heavy atom. The van der Waals surface area contributed by atoms with Gasteiger partial charge in [0, 0.05) is 0 Å². The zero-order valence-electron chi connectivity index (χ0n) is 26.6. The predicted molar refractivity (Wildman–Crippen MR) is 177 cm³/mol. The molecule has 0 spiro atoms. The van der Waals surface area contributed by atoms with Gasteiger partial charge in [0.1, 0.15) is 19.3 Å². The summed E-state index contributed by atoms with van der Waals surface area (Å²) in [6, 6.07) is 34.8. The van der Waals surface area contributed by atoms with E-state index in [0.717, 1.165) is 16.7 Å². The molecule has 48 heavy (non-hydrogen) atoms. The fourth-order valence-corrected chi connectivity index (χ4v) is 5.67. The number of hydrogen-bond acceptors (Lipinski definition) is 10. The Balaban J connectivity index is 1.47. The Morgan fingerprint density at radius 3 is 1.62 bits per heavy atom. The van der Waals surface area contributed by atoms with Crippen molar-refractivity contribution in [1.82, 2.24) is 5.32 Å². The third-order valence-electron chi connectivity index (χ3n) is 6.91. The van der Waals surface area contributed by atoms with E-state index < -0.39 is 44.7 Å². The molecule has 11 nitrogen and oxygen atoms in total. The molecule has 0 aliphatic carbocycles. The second-order valence-corrected chi connectivity index (χ2v) is 12.3. The van der Waals surface area contributed by atoms with Crippen molar-refractivity contribution in [1.29, 1.82) is 0 Å². The van der Waals surface area contributed by atoms with Crippen LogP contribution in [-0.2, 0) is 63.6 Å². The standard InChI is InChI=1S/C36H40NO10P/c1-28(34(35(39)43-24-30-16-8-3-9-17-30)37-36(40)44-25-31-18-10-4-11-19-31)47-48(41,45-26-32-20-12-5-13-21-32)46-27-33(22-38)42-23-29-14-6-2-7-15-29/h2-21,28,33-34,38H,22-27H2,1H3,(H,37,40)/t28-,33+,34-,48?/m0/s1. The zero-order valence-corrected chi connectivity index (χ0v) is 27.5. The molecule has 4 rings (SSSR count).